The van der Waals surface area contributed by atoms with E-state index >= 15 is 0 Å². The highest BCUT2D eigenvalue weighted by Gasteiger charge is 2.30. The number of methoxy groups -OCH3 is 1. The number of rotatable bonds is 3. The maximum absolute atomic E-state index is 12.3. The van der Waals surface area contributed by atoms with Crippen LogP contribution in [0.1, 0.15) is 38.8 Å². The predicted octanol–water partition coefficient (Wildman–Crippen LogP) is 2.63. The third-order valence-corrected chi connectivity index (χ3v) is 5.01. The molecule has 1 aromatic carbocycles. The van der Waals surface area contributed by atoms with Gasteiger partial charge < -0.3 is 10.1 Å². The zero-order chi connectivity index (χ0) is 13.3. The van der Waals surface area contributed by atoms with Gasteiger partial charge >= 0.3 is 0 Å². The van der Waals surface area contributed by atoms with Gasteiger partial charge in [0.15, 0.2) is 0 Å². The Labute approximate surface area is 111 Å². The van der Waals surface area contributed by atoms with Crippen molar-refractivity contribution in [1.29, 1.82) is 0 Å². The number of ether oxygens (including phenoxy) is 1. The SMILES string of the molecule is COc1ccc2c(c1)C(NC(C)C)CC(C)S2=O. The van der Waals surface area contributed by atoms with Gasteiger partial charge in [-0.3, -0.25) is 4.21 Å². The first-order valence-electron chi connectivity index (χ1n) is 6.37. The van der Waals surface area contributed by atoms with E-state index in [4.69, 9.17) is 4.74 Å². The lowest BCUT2D eigenvalue weighted by Gasteiger charge is -2.31. The van der Waals surface area contributed by atoms with Crippen molar-refractivity contribution >= 4 is 10.8 Å². The molecule has 3 unspecified atom stereocenters. The fraction of sp³-hybridized carbons (Fsp3) is 0.571. The van der Waals surface area contributed by atoms with E-state index in [1.165, 1.54) is 0 Å². The molecule has 100 valence electrons. The van der Waals surface area contributed by atoms with E-state index in [-0.39, 0.29) is 11.3 Å². The summed E-state index contributed by atoms with van der Waals surface area (Å²) in [5.74, 6) is 0.829. The van der Waals surface area contributed by atoms with E-state index < -0.39 is 10.8 Å². The van der Waals surface area contributed by atoms with Gasteiger partial charge in [-0.15, -0.1) is 0 Å². The summed E-state index contributed by atoms with van der Waals surface area (Å²) in [6.07, 6.45) is 0.908. The Morgan fingerprint density at radius 3 is 2.78 bits per heavy atom. The maximum Gasteiger partial charge on any atom is 0.119 e. The standard InChI is InChI=1S/C14H21NO2S/c1-9(2)15-13-7-10(3)18(16)14-6-5-11(17-4)8-12(13)14/h5-6,8-10,13,15H,7H2,1-4H3. The van der Waals surface area contributed by atoms with E-state index in [2.05, 4.69) is 26.1 Å². The van der Waals surface area contributed by atoms with Crippen LogP contribution in [-0.2, 0) is 10.8 Å². The van der Waals surface area contributed by atoms with Crippen molar-refractivity contribution in [3.63, 3.8) is 0 Å². The topological polar surface area (TPSA) is 38.3 Å². The Balaban J connectivity index is 2.42. The first-order valence-corrected chi connectivity index (χ1v) is 7.58. The quantitative estimate of drug-likeness (QED) is 0.915. The zero-order valence-corrected chi connectivity index (χ0v) is 12.2. The van der Waals surface area contributed by atoms with Crippen LogP contribution in [0.15, 0.2) is 23.1 Å². The molecule has 0 amide bonds. The molecule has 0 saturated heterocycles. The molecule has 18 heavy (non-hydrogen) atoms. The van der Waals surface area contributed by atoms with Gasteiger partial charge in [-0.05, 0) is 30.2 Å². The molecule has 0 spiro atoms. The second kappa shape index (κ2) is 5.41. The second-order valence-electron chi connectivity index (χ2n) is 5.12. The minimum Gasteiger partial charge on any atom is -0.497 e. The van der Waals surface area contributed by atoms with Crippen molar-refractivity contribution in [2.45, 2.75) is 49.4 Å². The molecule has 1 heterocycles. The van der Waals surface area contributed by atoms with Crippen LogP contribution in [0.2, 0.25) is 0 Å². The van der Waals surface area contributed by atoms with Crippen LogP contribution in [0, 0.1) is 0 Å². The zero-order valence-electron chi connectivity index (χ0n) is 11.4. The third kappa shape index (κ3) is 2.59. The van der Waals surface area contributed by atoms with Gasteiger partial charge in [-0.25, -0.2) is 0 Å². The number of fused-ring (bicyclic) bond motifs is 1. The summed E-state index contributed by atoms with van der Waals surface area (Å²) in [5, 5.41) is 3.75. The molecule has 1 aromatic rings. The lowest BCUT2D eigenvalue weighted by atomic mass is 10.00. The van der Waals surface area contributed by atoms with Gasteiger partial charge in [0, 0.05) is 22.2 Å². The van der Waals surface area contributed by atoms with Crippen molar-refractivity contribution in [2.24, 2.45) is 0 Å². The molecular formula is C14H21NO2S. The summed E-state index contributed by atoms with van der Waals surface area (Å²) in [6, 6.07) is 6.52. The van der Waals surface area contributed by atoms with Gasteiger partial charge in [0.05, 0.1) is 17.9 Å². The summed E-state index contributed by atoms with van der Waals surface area (Å²) in [4.78, 5) is 0.952. The van der Waals surface area contributed by atoms with Gasteiger partial charge in [0.25, 0.3) is 0 Å². The van der Waals surface area contributed by atoms with Crippen LogP contribution in [0.25, 0.3) is 0 Å². The monoisotopic (exact) mass is 267 g/mol. The van der Waals surface area contributed by atoms with Crippen LogP contribution < -0.4 is 10.1 Å². The Bertz CT molecular complexity index is 459. The van der Waals surface area contributed by atoms with E-state index in [1.807, 2.05) is 18.2 Å². The van der Waals surface area contributed by atoms with Gasteiger partial charge in [0.1, 0.15) is 5.75 Å². The molecule has 0 saturated carbocycles. The van der Waals surface area contributed by atoms with Crippen molar-refractivity contribution in [3.05, 3.63) is 23.8 Å². The molecule has 0 bridgehead atoms. The first-order chi connectivity index (χ1) is 8.52. The smallest absolute Gasteiger partial charge is 0.119 e. The number of hydrogen-bond acceptors (Lipinski definition) is 3. The normalized spacial score (nSPS) is 27.1. The average molecular weight is 267 g/mol. The number of hydrogen-bond donors (Lipinski definition) is 1. The van der Waals surface area contributed by atoms with E-state index in [9.17, 15) is 4.21 Å². The number of benzene rings is 1. The highest BCUT2D eigenvalue weighted by molar-refractivity contribution is 7.85. The van der Waals surface area contributed by atoms with E-state index in [0.717, 1.165) is 22.6 Å². The van der Waals surface area contributed by atoms with Gasteiger partial charge in [0.2, 0.25) is 0 Å². The fourth-order valence-electron chi connectivity index (χ4n) is 2.43. The van der Waals surface area contributed by atoms with Crippen LogP contribution in [0.3, 0.4) is 0 Å². The summed E-state index contributed by atoms with van der Waals surface area (Å²) in [6.45, 7) is 6.32. The molecule has 2 rings (SSSR count). The van der Waals surface area contributed by atoms with Crippen LogP contribution >= 0.6 is 0 Å². The highest BCUT2D eigenvalue weighted by atomic mass is 32.2. The Morgan fingerprint density at radius 1 is 1.44 bits per heavy atom. The summed E-state index contributed by atoms with van der Waals surface area (Å²) in [5.41, 5.74) is 1.12. The Morgan fingerprint density at radius 2 is 2.17 bits per heavy atom. The summed E-state index contributed by atoms with van der Waals surface area (Å²) >= 11 is 0. The van der Waals surface area contributed by atoms with Crippen molar-refractivity contribution in [2.75, 3.05) is 7.11 Å². The van der Waals surface area contributed by atoms with Gasteiger partial charge in [-0.1, -0.05) is 20.8 Å². The highest BCUT2D eigenvalue weighted by Crippen LogP contribution is 2.36. The van der Waals surface area contributed by atoms with Crippen LogP contribution in [0.5, 0.6) is 5.75 Å². The average Bonchev–Trinajstić information content (AvgIpc) is 2.34. The predicted molar refractivity (Wildman–Crippen MR) is 74.5 cm³/mol. The molecule has 4 heteroatoms. The molecule has 0 aliphatic carbocycles. The lowest BCUT2D eigenvalue weighted by molar-refractivity contribution is 0.406. The van der Waals surface area contributed by atoms with Crippen molar-refractivity contribution < 1.29 is 8.95 Å². The first kappa shape index (κ1) is 13.6. The minimum atomic E-state index is -0.901. The van der Waals surface area contributed by atoms with Gasteiger partial charge in [-0.2, -0.15) is 0 Å². The molecule has 1 aliphatic heterocycles. The third-order valence-electron chi connectivity index (χ3n) is 3.28. The molecule has 3 nitrogen and oxygen atoms in total. The number of nitrogens with one attached hydrogen (secondary N) is 1. The molecular weight excluding hydrogens is 246 g/mol. The van der Waals surface area contributed by atoms with Crippen molar-refractivity contribution in [1.82, 2.24) is 5.32 Å². The largest absolute Gasteiger partial charge is 0.497 e. The lowest BCUT2D eigenvalue weighted by Crippen LogP contribution is -2.35. The minimum absolute atomic E-state index is 0.196. The molecule has 1 aliphatic rings. The van der Waals surface area contributed by atoms with Crippen molar-refractivity contribution in [3.8, 4) is 5.75 Å². The Hall–Kier alpha value is -0.870. The fourth-order valence-corrected chi connectivity index (χ4v) is 3.87. The Kier molecular flexibility index (Phi) is 4.07. The second-order valence-corrected chi connectivity index (χ2v) is 6.96. The van der Waals surface area contributed by atoms with Crippen LogP contribution in [0.4, 0.5) is 0 Å². The molecule has 0 fully saturated rings. The van der Waals surface area contributed by atoms with Crippen LogP contribution in [-0.4, -0.2) is 22.6 Å². The molecule has 0 radical (unpaired) electrons. The van der Waals surface area contributed by atoms with E-state index in [1.54, 1.807) is 7.11 Å². The maximum atomic E-state index is 12.3. The summed E-state index contributed by atoms with van der Waals surface area (Å²) < 4.78 is 17.6. The van der Waals surface area contributed by atoms with E-state index in [0.29, 0.717) is 6.04 Å². The molecule has 3 atom stereocenters. The summed E-state index contributed by atoms with van der Waals surface area (Å²) in [7, 11) is 0.760. The molecule has 0 aromatic heterocycles. The molecule has 1 N–H and O–H groups in total.